The third-order valence-corrected chi connectivity index (χ3v) is 5.59. The van der Waals surface area contributed by atoms with E-state index in [0.29, 0.717) is 11.4 Å². The van der Waals surface area contributed by atoms with Crippen LogP contribution < -0.4 is 10.6 Å². The highest BCUT2D eigenvalue weighted by Crippen LogP contribution is 2.24. The molecule has 1 aromatic heterocycles. The smallest absolute Gasteiger partial charge is 0.243 e. The third-order valence-electron chi connectivity index (χ3n) is 5.35. The van der Waals surface area contributed by atoms with Crippen LogP contribution in [0.4, 0.5) is 4.39 Å². The van der Waals surface area contributed by atoms with Gasteiger partial charge in [0, 0.05) is 18.0 Å². The molecule has 8 nitrogen and oxygen atoms in total. The van der Waals surface area contributed by atoms with E-state index in [0.717, 1.165) is 24.2 Å². The highest BCUT2D eigenvalue weighted by Gasteiger charge is 2.42. The Morgan fingerprint density at radius 2 is 2.24 bits per heavy atom. The minimum atomic E-state index is -1.20. The molecule has 3 heterocycles. The van der Waals surface area contributed by atoms with Gasteiger partial charge in [0.15, 0.2) is 0 Å². The highest BCUT2D eigenvalue weighted by molar-refractivity contribution is 6.30. The van der Waals surface area contributed by atoms with Gasteiger partial charge in [-0.25, -0.2) is 14.1 Å². The Kier molecular flexibility index (Phi) is 5.77. The topological polar surface area (TPSA) is 92.2 Å². The zero-order valence-electron chi connectivity index (χ0n) is 15.7. The third kappa shape index (κ3) is 4.25. The second-order valence-electron chi connectivity index (χ2n) is 7.32. The fraction of sp³-hybridized carbons (Fsp3) is 0.474. The molecule has 2 aliphatic heterocycles. The zero-order valence-corrected chi connectivity index (χ0v) is 16.5. The lowest BCUT2D eigenvalue weighted by Crippen LogP contribution is -2.51. The molecule has 3 atom stereocenters. The van der Waals surface area contributed by atoms with Crippen LogP contribution in [0, 0.1) is 0 Å². The molecule has 0 spiro atoms. The average molecular weight is 421 g/mol. The molecular formula is C19H22ClFN6O2. The molecule has 2 saturated heterocycles. The molecule has 0 radical (unpaired) electrons. The van der Waals surface area contributed by atoms with Gasteiger partial charge >= 0.3 is 0 Å². The summed E-state index contributed by atoms with van der Waals surface area (Å²) in [6, 6.07) is 4.10. The van der Waals surface area contributed by atoms with Crippen LogP contribution in [0.15, 0.2) is 30.9 Å². The van der Waals surface area contributed by atoms with E-state index in [2.05, 4.69) is 20.7 Å². The van der Waals surface area contributed by atoms with Crippen LogP contribution in [0.5, 0.6) is 0 Å². The number of halogens is 2. The Balaban J connectivity index is 1.46. The summed E-state index contributed by atoms with van der Waals surface area (Å²) in [4.78, 5) is 30.8. The van der Waals surface area contributed by atoms with Crippen LogP contribution in [0.25, 0.3) is 5.69 Å². The fourth-order valence-corrected chi connectivity index (χ4v) is 4.12. The van der Waals surface area contributed by atoms with E-state index < -0.39 is 12.2 Å². The van der Waals surface area contributed by atoms with Gasteiger partial charge in [0.1, 0.15) is 24.9 Å². The molecule has 29 heavy (non-hydrogen) atoms. The molecule has 4 rings (SSSR count). The second-order valence-corrected chi connectivity index (χ2v) is 7.76. The van der Waals surface area contributed by atoms with Gasteiger partial charge in [-0.2, -0.15) is 5.10 Å². The van der Waals surface area contributed by atoms with Gasteiger partial charge in [0.05, 0.1) is 18.3 Å². The van der Waals surface area contributed by atoms with Crippen molar-refractivity contribution in [2.75, 3.05) is 13.1 Å². The lowest BCUT2D eigenvalue weighted by atomic mass is 10.1. The van der Waals surface area contributed by atoms with Crippen molar-refractivity contribution < 1.29 is 14.0 Å². The highest BCUT2D eigenvalue weighted by atomic mass is 35.5. The van der Waals surface area contributed by atoms with Gasteiger partial charge in [-0.05, 0) is 43.1 Å². The quantitative estimate of drug-likeness (QED) is 0.759. The summed E-state index contributed by atoms with van der Waals surface area (Å²) < 4.78 is 15.6. The zero-order chi connectivity index (χ0) is 20.4. The largest absolute Gasteiger partial charge is 0.350 e. The molecule has 0 bridgehead atoms. The lowest BCUT2D eigenvalue weighted by Gasteiger charge is -2.26. The maximum absolute atomic E-state index is 14.1. The van der Waals surface area contributed by atoms with E-state index >= 15 is 0 Å². The van der Waals surface area contributed by atoms with Crippen molar-refractivity contribution in [2.45, 2.75) is 44.1 Å². The normalized spacial score (nSPS) is 24.1. The summed E-state index contributed by atoms with van der Waals surface area (Å²) in [6.45, 7) is 0.891. The Morgan fingerprint density at radius 3 is 2.97 bits per heavy atom. The van der Waals surface area contributed by atoms with Crippen molar-refractivity contribution >= 4 is 23.4 Å². The van der Waals surface area contributed by atoms with Crippen LogP contribution in [-0.4, -0.2) is 62.8 Å². The van der Waals surface area contributed by atoms with Crippen molar-refractivity contribution in [3.8, 4) is 5.69 Å². The number of hydrogen-bond acceptors (Lipinski definition) is 5. The predicted octanol–water partition coefficient (Wildman–Crippen LogP) is 1.23. The van der Waals surface area contributed by atoms with Gasteiger partial charge in [0.2, 0.25) is 11.8 Å². The molecule has 2 aliphatic rings. The molecule has 2 aromatic rings. The Bertz CT molecular complexity index is 887. The maximum Gasteiger partial charge on any atom is 0.243 e. The van der Waals surface area contributed by atoms with Gasteiger partial charge < -0.3 is 15.5 Å². The summed E-state index contributed by atoms with van der Waals surface area (Å²) in [5.74, 6) is -0.574. The van der Waals surface area contributed by atoms with Gasteiger partial charge in [-0.15, -0.1) is 0 Å². The number of alkyl halides is 1. The summed E-state index contributed by atoms with van der Waals surface area (Å²) >= 11 is 6.11. The van der Waals surface area contributed by atoms with Crippen molar-refractivity contribution in [3.05, 3.63) is 41.4 Å². The summed E-state index contributed by atoms with van der Waals surface area (Å²) in [7, 11) is 0. The maximum atomic E-state index is 14.1. The molecule has 2 fully saturated rings. The van der Waals surface area contributed by atoms with E-state index in [9.17, 15) is 14.0 Å². The molecule has 154 valence electrons. The molecule has 0 saturated carbocycles. The van der Waals surface area contributed by atoms with Crippen LogP contribution >= 0.6 is 11.6 Å². The summed E-state index contributed by atoms with van der Waals surface area (Å²) in [6.07, 6.45) is 3.39. The Morgan fingerprint density at radius 1 is 1.38 bits per heavy atom. The first-order valence-corrected chi connectivity index (χ1v) is 10.00. The van der Waals surface area contributed by atoms with Gasteiger partial charge in [-0.1, -0.05) is 11.6 Å². The minimum Gasteiger partial charge on any atom is -0.350 e. The van der Waals surface area contributed by atoms with E-state index in [1.54, 1.807) is 29.2 Å². The molecule has 0 aliphatic carbocycles. The van der Waals surface area contributed by atoms with Crippen LogP contribution in [0.1, 0.15) is 24.8 Å². The van der Waals surface area contributed by atoms with Crippen LogP contribution in [0.2, 0.25) is 5.02 Å². The molecule has 2 N–H and O–H groups in total. The lowest BCUT2D eigenvalue weighted by molar-refractivity contribution is -0.139. The summed E-state index contributed by atoms with van der Waals surface area (Å²) in [5, 5.41) is 10.6. The molecule has 1 aromatic carbocycles. The van der Waals surface area contributed by atoms with E-state index in [-0.39, 0.29) is 37.4 Å². The van der Waals surface area contributed by atoms with Gasteiger partial charge in [0.25, 0.3) is 0 Å². The first kappa shape index (κ1) is 19.8. The van der Waals surface area contributed by atoms with Crippen molar-refractivity contribution in [1.29, 1.82) is 0 Å². The van der Waals surface area contributed by atoms with Crippen molar-refractivity contribution in [2.24, 2.45) is 0 Å². The number of benzene rings is 1. The SMILES string of the molecule is O=C(NCc1cc(Cl)ccc1-n1cncn1)C1C[C@@H](F)CN1C(=O)[C@H]1CCCN1. The predicted molar refractivity (Wildman–Crippen MR) is 104 cm³/mol. The number of rotatable bonds is 5. The van der Waals surface area contributed by atoms with Gasteiger partial charge in [-0.3, -0.25) is 9.59 Å². The number of nitrogens with one attached hydrogen (secondary N) is 2. The standard InChI is InChI=1S/C19H22ClFN6O2/c20-13-3-4-16(27-11-22-10-25-27)12(6-13)8-24-18(28)17-7-14(21)9-26(17)19(29)15-2-1-5-23-15/h3-4,6,10-11,14-15,17,23H,1-2,5,7-9H2,(H,24,28)/t14-,15-,17?/m1/s1. The number of likely N-dealkylation sites (tertiary alicyclic amines) is 1. The number of aromatic nitrogens is 3. The van der Waals surface area contributed by atoms with Crippen LogP contribution in [-0.2, 0) is 16.1 Å². The number of carbonyl (C=O) groups is 2. The van der Waals surface area contributed by atoms with E-state index in [1.165, 1.54) is 11.2 Å². The number of nitrogens with zero attached hydrogens (tertiary/aromatic N) is 4. The first-order chi connectivity index (χ1) is 14.0. The van der Waals surface area contributed by atoms with Crippen molar-refractivity contribution in [1.82, 2.24) is 30.3 Å². The Labute approximate surface area is 172 Å². The first-order valence-electron chi connectivity index (χ1n) is 9.62. The second kappa shape index (κ2) is 8.46. The monoisotopic (exact) mass is 420 g/mol. The van der Waals surface area contributed by atoms with Crippen LogP contribution in [0.3, 0.4) is 0 Å². The molecule has 1 unspecified atom stereocenters. The number of hydrogen-bond donors (Lipinski definition) is 2. The van der Waals surface area contributed by atoms with E-state index in [4.69, 9.17) is 11.6 Å². The fourth-order valence-electron chi connectivity index (χ4n) is 3.92. The summed E-state index contributed by atoms with van der Waals surface area (Å²) in [5.41, 5.74) is 1.46. The molecule has 2 amide bonds. The van der Waals surface area contributed by atoms with Crippen molar-refractivity contribution in [3.63, 3.8) is 0 Å². The number of amides is 2. The Hall–Kier alpha value is -2.52. The molecule has 10 heteroatoms. The van der Waals surface area contributed by atoms with E-state index in [1.807, 2.05) is 0 Å². The minimum absolute atomic E-state index is 0.00969. The average Bonchev–Trinajstić information content (AvgIpc) is 3.46. The molecular weight excluding hydrogens is 399 g/mol. The number of carbonyl (C=O) groups excluding carboxylic acids is 2.